The standard InChI is InChI=1S/C25H25N3O2S/c1-15(17-11-10-16-6-2-3-7-18(16)14-17)26-22(29)13-12-21-27-24(30)23-19-8-4-5-9-20(19)31-25(23)28-21/h2-3,6-7,10-11,14-15H,4-5,8-9,12-13H2,1H3,(H,26,29)(H,27,28,30). The minimum absolute atomic E-state index is 0.0473. The van der Waals surface area contributed by atoms with Crippen molar-refractivity contribution in [3.63, 3.8) is 0 Å². The molecule has 2 heterocycles. The highest BCUT2D eigenvalue weighted by atomic mass is 32.1. The van der Waals surface area contributed by atoms with Gasteiger partial charge in [0.25, 0.3) is 5.56 Å². The molecule has 0 spiro atoms. The third-order valence-corrected chi connectivity index (χ3v) is 7.30. The molecule has 5 nitrogen and oxygen atoms in total. The highest BCUT2D eigenvalue weighted by Crippen LogP contribution is 2.33. The zero-order valence-corrected chi connectivity index (χ0v) is 18.3. The zero-order valence-electron chi connectivity index (χ0n) is 17.5. The number of rotatable bonds is 5. The Morgan fingerprint density at radius 3 is 2.84 bits per heavy atom. The van der Waals surface area contributed by atoms with Gasteiger partial charge >= 0.3 is 0 Å². The van der Waals surface area contributed by atoms with Crippen molar-refractivity contribution in [1.29, 1.82) is 0 Å². The molecule has 0 bridgehead atoms. The monoisotopic (exact) mass is 431 g/mol. The molecule has 1 atom stereocenters. The van der Waals surface area contributed by atoms with E-state index in [-0.39, 0.29) is 23.9 Å². The van der Waals surface area contributed by atoms with Crippen LogP contribution in [0.4, 0.5) is 0 Å². The molecular weight excluding hydrogens is 406 g/mol. The van der Waals surface area contributed by atoms with E-state index in [4.69, 9.17) is 0 Å². The number of aromatic amines is 1. The largest absolute Gasteiger partial charge is 0.350 e. The van der Waals surface area contributed by atoms with Crippen LogP contribution in [0.15, 0.2) is 47.3 Å². The van der Waals surface area contributed by atoms with Crippen LogP contribution in [-0.2, 0) is 24.1 Å². The molecule has 158 valence electrons. The highest BCUT2D eigenvalue weighted by Gasteiger charge is 2.20. The number of fused-ring (bicyclic) bond motifs is 4. The second-order valence-electron chi connectivity index (χ2n) is 8.30. The van der Waals surface area contributed by atoms with Gasteiger partial charge in [0.2, 0.25) is 5.91 Å². The molecule has 1 unspecified atom stereocenters. The summed E-state index contributed by atoms with van der Waals surface area (Å²) in [5.41, 5.74) is 2.20. The molecule has 2 aromatic heterocycles. The van der Waals surface area contributed by atoms with Crippen LogP contribution in [0.2, 0.25) is 0 Å². The van der Waals surface area contributed by atoms with Crippen molar-refractivity contribution in [3.8, 4) is 0 Å². The van der Waals surface area contributed by atoms with Crippen LogP contribution in [0.5, 0.6) is 0 Å². The van der Waals surface area contributed by atoms with E-state index in [1.54, 1.807) is 11.3 Å². The van der Waals surface area contributed by atoms with Crippen molar-refractivity contribution in [2.45, 2.75) is 51.5 Å². The third-order valence-electron chi connectivity index (χ3n) is 6.11. The predicted octanol–water partition coefficient (Wildman–Crippen LogP) is 4.83. The molecule has 0 aliphatic heterocycles. The Morgan fingerprint density at radius 1 is 1.16 bits per heavy atom. The number of nitrogens with zero attached hydrogens (tertiary/aromatic N) is 1. The van der Waals surface area contributed by atoms with Crippen LogP contribution in [-0.4, -0.2) is 15.9 Å². The lowest BCUT2D eigenvalue weighted by Crippen LogP contribution is -2.27. The van der Waals surface area contributed by atoms with Crippen molar-refractivity contribution in [2.75, 3.05) is 0 Å². The Kier molecular flexibility index (Phi) is 5.32. The van der Waals surface area contributed by atoms with Gasteiger partial charge in [-0.05, 0) is 60.6 Å². The van der Waals surface area contributed by atoms with Crippen LogP contribution >= 0.6 is 11.3 Å². The fraction of sp³-hybridized carbons (Fsp3) is 0.320. The van der Waals surface area contributed by atoms with Crippen LogP contribution in [0.3, 0.4) is 0 Å². The number of hydrogen-bond acceptors (Lipinski definition) is 4. The van der Waals surface area contributed by atoms with Gasteiger partial charge in [-0.15, -0.1) is 11.3 Å². The van der Waals surface area contributed by atoms with E-state index in [1.807, 2.05) is 19.1 Å². The number of thiophene rings is 1. The number of hydrogen-bond donors (Lipinski definition) is 2. The SMILES string of the molecule is CC(NC(=O)CCc1nc2sc3c(c2c(=O)[nH]1)CCCC3)c1ccc2ccccc2c1. The molecule has 2 N–H and O–H groups in total. The maximum atomic E-state index is 12.7. The summed E-state index contributed by atoms with van der Waals surface area (Å²) in [7, 11) is 0. The van der Waals surface area contributed by atoms with E-state index in [1.165, 1.54) is 22.2 Å². The molecule has 5 rings (SSSR count). The Bertz CT molecular complexity index is 1340. The summed E-state index contributed by atoms with van der Waals surface area (Å²) in [4.78, 5) is 34.9. The van der Waals surface area contributed by atoms with E-state index < -0.39 is 0 Å². The lowest BCUT2D eigenvalue weighted by Gasteiger charge is -2.15. The number of aryl methyl sites for hydroxylation is 3. The maximum absolute atomic E-state index is 12.7. The molecule has 1 aliphatic carbocycles. The van der Waals surface area contributed by atoms with E-state index in [9.17, 15) is 9.59 Å². The lowest BCUT2D eigenvalue weighted by atomic mass is 9.97. The summed E-state index contributed by atoms with van der Waals surface area (Å²) in [5, 5.41) is 6.18. The summed E-state index contributed by atoms with van der Waals surface area (Å²) in [6.45, 7) is 1.99. The molecule has 1 aliphatic rings. The summed E-state index contributed by atoms with van der Waals surface area (Å²) in [6.07, 6.45) is 5.03. The van der Waals surface area contributed by atoms with Gasteiger partial charge in [-0.3, -0.25) is 9.59 Å². The summed E-state index contributed by atoms with van der Waals surface area (Å²) >= 11 is 1.64. The van der Waals surface area contributed by atoms with Gasteiger partial charge in [0.05, 0.1) is 11.4 Å². The number of benzene rings is 2. The van der Waals surface area contributed by atoms with Crippen LogP contribution in [0, 0.1) is 0 Å². The summed E-state index contributed by atoms with van der Waals surface area (Å²) in [6, 6.07) is 14.4. The van der Waals surface area contributed by atoms with E-state index in [0.29, 0.717) is 12.2 Å². The van der Waals surface area contributed by atoms with Crippen molar-refractivity contribution >= 4 is 38.2 Å². The number of carbonyl (C=O) groups is 1. The van der Waals surface area contributed by atoms with E-state index >= 15 is 0 Å². The summed E-state index contributed by atoms with van der Waals surface area (Å²) in [5.74, 6) is 0.540. The first-order valence-electron chi connectivity index (χ1n) is 10.9. The fourth-order valence-corrected chi connectivity index (χ4v) is 5.71. The highest BCUT2D eigenvalue weighted by molar-refractivity contribution is 7.18. The molecule has 6 heteroatoms. The number of H-pyrrole nitrogens is 1. The minimum Gasteiger partial charge on any atom is -0.350 e. The number of aromatic nitrogens is 2. The topological polar surface area (TPSA) is 74.8 Å². The van der Waals surface area contributed by atoms with Crippen molar-refractivity contribution in [1.82, 2.24) is 15.3 Å². The second kappa shape index (κ2) is 8.27. The first-order chi connectivity index (χ1) is 15.1. The first-order valence-corrected chi connectivity index (χ1v) is 11.7. The molecule has 0 fully saturated rings. The average molecular weight is 432 g/mol. The fourth-order valence-electron chi connectivity index (χ4n) is 4.43. The molecule has 4 aromatic rings. The minimum atomic E-state index is -0.0874. The zero-order chi connectivity index (χ0) is 21.4. The van der Waals surface area contributed by atoms with Crippen molar-refractivity contribution in [2.24, 2.45) is 0 Å². The number of nitrogens with one attached hydrogen (secondary N) is 2. The molecule has 0 radical (unpaired) electrons. The molecule has 0 saturated carbocycles. The molecule has 31 heavy (non-hydrogen) atoms. The van der Waals surface area contributed by atoms with Crippen molar-refractivity contribution < 1.29 is 4.79 Å². The second-order valence-corrected chi connectivity index (χ2v) is 9.38. The van der Waals surface area contributed by atoms with Gasteiger partial charge in [0.1, 0.15) is 10.7 Å². The van der Waals surface area contributed by atoms with Crippen molar-refractivity contribution in [3.05, 3.63) is 74.6 Å². The Labute approximate surface area is 184 Å². The molecule has 2 aromatic carbocycles. The van der Waals surface area contributed by atoms with E-state index in [2.05, 4.69) is 45.6 Å². The normalized spacial score (nSPS) is 14.5. The molecular formula is C25H25N3O2S. The van der Waals surface area contributed by atoms with Crippen LogP contribution < -0.4 is 10.9 Å². The van der Waals surface area contributed by atoms with Gasteiger partial charge in [-0.2, -0.15) is 0 Å². The molecule has 1 amide bonds. The Morgan fingerprint density at radius 2 is 1.97 bits per heavy atom. The smallest absolute Gasteiger partial charge is 0.259 e. The predicted molar refractivity (Wildman–Crippen MR) is 126 cm³/mol. The Balaban J connectivity index is 1.26. The van der Waals surface area contributed by atoms with Gasteiger partial charge in [0, 0.05) is 17.7 Å². The summed E-state index contributed by atoms with van der Waals surface area (Å²) < 4.78 is 0. The Hall–Kier alpha value is -2.99. The van der Waals surface area contributed by atoms with Gasteiger partial charge in [-0.25, -0.2) is 4.98 Å². The number of carbonyl (C=O) groups excluding carboxylic acids is 1. The molecule has 0 saturated heterocycles. The van der Waals surface area contributed by atoms with Gasteiger partial charge in [0.15, 0.2) is 0 Å². The first kappa shape index (κ1) is 19.9. The van der Waals surface area contributed by atoms with Gasteiger partial charge < -0.3 is 10.3 Å². The quantitative estimate of drug-likeness (QED) is 0.475. The van der Waals surface area contributed by atoms with E-state index in [0.717, 1.165) is 40.4 Å². The maximum Gasteiger partial charge on any atom is 0.259 e. The third kappa shape index (κ3) is 4.00. The average Bonchev–Trinajstić information content (AvgIpc) is 3.16. The van der Waals surface area contributed by atoms with Gasteiger partial charge in [-0.1, -0.05) is 36.4 Å². The van der Waals surface area contributed by atoms with Crippen LogP contribution in [0.1, 0.15) is 54.1 Å². The van der Waals surface area contributed by atoms with Crippen LogP contribution in [0.25, 0.3) is 21.0 Å². The number of amides is 1. The lowest BCUT2D eigenvalue weighted by molar-refractivity contribution is -0.121.